The first-order valence-electron chi connectivity index (χ1n) is 6.39. The van der Waals surface area contributed by atoms with E-state index >= 15 is 0 Å². The molecule has 2 unspecified atom stereocenters. The number of fused-ring (bicyclic) bond motifs is 1. The molecule has 17 heavy (non-hydrogen) atoms. The average Bonchev–Trinajstić information content (AvgIpc) is 2.67. The van der Waals surface area contributed by atoms with Crippen LogP contribution in [-0.4, -0.2) is 4.98 Å². The highest BCUT2D eigenvalue weighted by molar-refractivity contribution is 5.54. The summed E-state index contributed by atoms with van der Waals surface area (Å²) in [5, 5.41) is 0. The van der Waals surface area contributed by atoms with E-state index in [1.165, 1.54) is 11.3 Å². The average molecular weight is 229 g/mol. The summed E-state index contributed by atoms with van der Waals surface area (Å²) >= 11 is 0. The van der Waals surface area contributed by atoms with Crippen LogP contribution in [-0.2, 0) is 0 Å². The molecule has 1 N–H and O–H groups in total. The SMILES string of the molecule is CC1/C=C\C(C)(C(C)(C)C)/C=C\c2[nH]ccc21. The molecule has 0 saturated heterocycles. The van der Waals surface area contributed by atoms with Crippen molar-refractivity contribution >= 4 is 6.08 Å². The molecule has 0 saturated carbocycles. The molecule has 0 radical (unpaired) electrons. The third-order valence-corrected chi connectivity index (χ3v) is 4.25. The summed E-state index contributed by atoms with van der Waals surface area (Å²) in [5.74, 6) is 0.475. The van der Waals surface area contributed by atoms with E-state index in [0.29, 0.717) is 5.92 Å². The molecule has 2 atom stereocenters. The van der Waals surface area contributed by atoms with Gasteiger partial charge in [0.1, 0.15) is 0 Å². The smallest absolute Gasteiger partial charge is 0.0415 e. The lowest BCUT2D eigenvalue weighted by atomic mass is 9.66. The molecule has 0 fully saturated rings. The second-order valence-electron chi connectivity index (χ2n) is 6.36. The summed E-state index contributed by atoms with van der Waals surface area (Å²) in [7, 11) is 0. The van der Waals surface area contributed by atoms with Crippen molar-refractivity contribution in [3.05, 3.63) is 41.7 Å². The number of nitrogens with one attached hydrogen (secondary N) is 1. The Bertz CT molecular complexity index is 456. The van der Waals surface area contributed by atoms with Gasteiger partial charge in [0, 0.05) is 23.2 Å². The van der Waals surface area contributed by atoms with Gasteiger partial charge < -0.3 is 4.98 Å². The van der Waals surface area contributed by atoms with Crippen LogP contribution >= 0.6 is 0 Å². The van der Waals surface area contributed by atoms with E-state index < -0.39 is 0 Å². The molecule has 92 valence electrons. The normalized spacial score (nSPS) is 32.4. The van der Waals surface area contributed by atoms with Crippen LogP contribution in [0.2, 0.25) is 0 Å². The Kier molecular flexibility index (Phi) is 2.81. The van der Waals surface area contributed by atoms with Crippen LogP contribution in [0.15, 0.2) is 30.5 Å². The quantitative estimate of drug-likeness (QED) is 0.618. The van der Waals surface area contributed by atoms with E-state index in [1.807, 2.05) is 6.20 Å². The molecule has 0 bridgehead atoms. The molecule has 1 aliphatic rings. The zero-order valence-electron chi connectivity index (χ0n) is 11.5. The molecule has 0 spiro atoms. The van der Waals surface area contributed by atoms with Gasteiger partial charge in [-0.25, -0.2) is 0 Å². The van der Waals surface area contributed by atoms with Crippen LogP contribution in [0, 0.1) is 10.8 Å². The van der Waals surface area contributed by atoms with Crippen molar-refractivity contribution in [2.45, 2.75) is 40.5 Å². The van der Waals surface area contributed by atoms with Gasteiger partial charge in [0.05, 0.1) is 0 Å². The molecule has 1 aromatic rings. The highest BCUT2D eigenvalue weighted by atomic mass is 14.7. The van der Waals surface area contributed by atoms with Crippen molar-refractivity contribution in [1.82, 2.24) is 4.98 Å². The number of H-pyrrole nitrogens is 1. The summed E-state index contributed by atoms with van der Waals surface area (Å²) in [5.41, 5.74) is 2.96. The summed E-state index contributed by atoms with van der Waals surface area (Å²) in [6.07, 6.45) is 11.3. The lowest BCUT2D eigenvalue weighted by Crippen LogP contribution is -2.29. The van der Waals surface area contributed by atoms with Crippen molar-refractivity contribution in [2.24, 2.45) is 10.8 Å². The fourth-order valence-corrected chi connectivity index (χ4v) is 2.20. The number of aromatic nitrogens is 1. The molecule has 1 aliphatic carbocycles. The summed E-state index contributed by atoms with van der Waals surface area (Å²) < 4.78 is 0. The van der Waals surface area contributed by atoms with Gasteiger partial charge in [0.15, 0.2) is 0 Å². The van der Waals surface area contributed by atoms with Crippen LogP contribution in [0.5, 0.6) is 0 Å². The zero-order chi connectivity index (χ0) is 12.7. The van der Waals surface area contributed by atoms with Crippen molar-refractivity contribution in [1.29, 1.82) is 0 Å². The lowest BCUT2D eigenvalue weighted by Gasteiger charge is -2.38. The van der Waals surface area contributed by atoms with Gasteiger partial charge in [-0.3, -0.25) is 0 Å². The van der Waals surface area contributed by atoms with Crippen molar-refractivity contribution in [2.75, 3.05) is 0 Å². The molecule has 2 rings (SSSR count). The maximum Gasteiger partial charge on any atom is 0.0415 e. The number of aromatic amines is 1. The highest BCUT2D eigenvalue weighted by Crippen LogP contribution is 2.43. The third kappa shape index (κ3) is 2.11. The van der Waals surface area contributed by atoms with Crippen molar-refractivity contribution in [3.63, 3.8) is 0 Å². The monoisotopic (exact) mass is 229 g/mol. The number of hydrogen-bond acceptors (Lipinski definition) is 0. The van der Waals surface area contributed by atoms with Crippen LogP contribution in [0.4, 0.5) is 0 Å². The molecule has 1 aromatic heterocycles. The predicted molar refractivity (Wildman–Crippen MR) is 74.9 cm³/mol. The fourth-order valence-electron chi connectivity index (χ4n) is 2.20. The van der Waals surface area contributed by atoms with Gasteiger partial charge in [0.25, 0.3) is 0 Å². The van der Waals surface area contributed by atoms with E-state index in [0.717, 1.165) is 0 Å². The molecule has 1 heterocycles. The van der Waals surface area contributed by atoms with Crippen LogP contribution in [0.3, 0.4) is 0 Å². The van der Waals surface area contributed by atoms with E-state index in [4.69, 9.17) is 0 Å². The summed E-state index contributed by atoms with van der Waals surface area (Å²) in [4.78, 5) is 3.32. The van der Waals surface area contributed by atoms with Gasteiger partial charge in [-0.15, -0.1) is 0 Å². The second-order valence-corrected chi connectivity index (χ2v) is 6.36. The zero-order valence-corrected chi connectivity index (χ0v) is 11.5. The topological polar surface area (TPSA) is 15.8 Å². The Hall–Kier alpha value is -1.24. The van der Waals surface area contributed by atoms with Gasteiger partial charge in [-0.1, -0.05) is 52.8 Å². The Labute approximate surface area is 105 Å². The number of allylic oxidation sites excluding steroid dienone is 3. The largest absolute Gasteiger partial charge is 0.361 e. The highest BCUT2D eigenvalue weighted by Gasteiger charge is 2.33. The van der Waals surface area contributed by atoms with Gasteiger partial charge >= 0.3 is 0 Å². The first kappa shape index (κ1) is 12.2. The Morgan fingerprint density at radius 2 is 1.94 bits per heavy atom. The maximum absolute atomic E-state index is 3.32. The van der Waals surface area contributed by atoms with Gasteiger partial charge in [0.2, 0.25) is 0 Å². The van der Waals surface area contributed by atoms with Crippen molar-refractivity contribution < 1.29 is 0 Å². The minimum atomic E-state index is 0.101. The van der Waals surface area contributed by atoms with E-state index in [1.54, 1.807) is 0 Å². The molecule has 0 aliphatic heterocycles. The third-order valence-electron chi connectivity index (χ3n) is 4.25. The first-order chi connectivity index (χ1) is 7.83. The van der Waals surface area contributed by atoms with Gasteiger partial charge in [-0.2, -0.15) is 0 Å². The number of rotatable bonds is 0. The predicted octanol–water partition coefficient (Wildman–Crippen LogP) is 4.75. The van der Waals surface area contributed by atoms with Gasteiger partial charge in [-0.05, 0) is 23.1 Å². The number of hydrogen-bond donors (Lipinski definition) is 1. The molecular formula is C16H23N. The summed E-state index contributed by atoms with van der Waals surface area (Å²) in [6, 6.07) is 2.18. The standard InChI is InChI=1S/C16H23N/c1-12-6-9-16(5,15(2,3)4)10-7-14-13(12)8-11-17-14/h6-12,17H,1-5H3/b9-6-,10-7-. The van der Waals surface area contributed by atoms with Crippen molar-refractivity contribution in [3.8, 4) is 0 Å². The van der Waals surface area contributed by atoms with E-state index in [2.05, 4.69) is 70.0 Å². The molecule has 0 amide bonds. The van der Waals surface area contributed by atoms with Crippen LogP contribution < -0.4 is 0 Å². The molecule has 1 heteroatoms. The minimum absolute atomic E-state index is 0.101. The fraction of sp³-hybridized carbons (Fsp3) is 0.500. The van der Waals surface area contributed by atoms with Crippen LogP contribution in [0.1, 0.15) is 51.8 Å². The molecule has 0 aromatic carbocycles. The first-order valence-corrected chi connectivity index (χ1v) is 6.39. The van der Waals surface area contributed by atoms with E-state index in [9.17, 15) is 0 Å². The van der Waals surface area contributed by atoms with Crippen LogP contribution in [0.25, 0.3) is 6.08 Å². The molecular weight excluding hydrogens is 206 g/mol. The Morgan fingerprint density at radius 1 is 1.24 bits per heavy atom. The second kappa shape index (κ2) is 3.90. The molecule has 1 nitrogen and oxygen atoms in total. The maximum atomic E-state index is 3.32. The lowest BCUT2D eigenvalue weighted by molar-refractivity contribution is 0.228. The minimum Gasteiger partial charge on any atom is -0.361 e. The Morgan fingerprint density at radius 3 is 2.59 bits per heavy atom. The summed E-state index contributed by atoms with van der Waals surface area (Å²) in [6.45, 7) is 11.4. The Balaban J connectivity index is 2.49. The van der Waals surface area contributed by atoms with E-state index in [-0.39, 0.29) is 10.8 Å².